The molecule has 1 saturated carbocycles. The molecule has 0 bridgehead atoms. The van der Waals surface area contributed by atoms with Gasteiger partial charge in [0.2, 0.25) is 11.8 Å². The summed E-state index contributed by atoms with van der Waals surface area (Å²) in [4.78, 5) is 29.1. The zero-order chi connectivity index (χ0) is 22.5. The highest BCUT2D eigenvalue weighted by molar-refractivity contribution is 7.10. The number of anilines is 1. The van der Waals surface area contributed by atoms with Crippen molar-refractivity contribution in [2.75, 3.05) is 4.90 Å². The maximum Gasteiger partial charge on any atom is 0.248 e. The number of amides is 2. The minimum Gasteiger partial charge on any atom is -0.351 e. The average molecular weight is 455 g/mol. The zero-order valence-corrected chi connectivity index (χ0v) is 18.3. The van der Waals surface area contributed by atoms with Gasteiger partial charge in [-0.15, -0.1) is 11.3 Å². The first-order valence-electron chi connectivity index (χ1n) is 10.7. The highest BCUT2D eigenvalue weighted by atomic mass is 32.1. The maximum absolute atomic E-state index is 14.9. The Kier molecular flexibility index (Phi) is 6.95. The summed E-state index contributed by atoms with van der Waals surface area (Å²) >= 11 is 1.43. The molecule has 0 aliphatic heterocycles. The van der Waals surface area contributed by atoms with Gasteiger partial charge < -0.3 is 5.32 Å². The summed E-state index contributed by atoms with van der Waals surface area (Å²) in [6.07, 6.45) is 3.81. The number of thiophene rings is 1. The molecular weight excluding hydrogens is 430 g/mol. The van der Waals surface area contributed by atoms with Crippen molar-refractivity contribution < 1.29 is 18.4 Å². The number of nitrogens with zero attached hydrogens (tertiary/aromatic N) is 1. The number of nitrogens with one attached hydrogen (secondary N) is 1. The molecule has 4 rings (SSSR count). The molecular formula is C25H24F2N2O2S. The Morgan fingerprint density at radius 3 is 2.38 bits per heavy atom. The Hall–Kier alpha value is -3.06. The molecule has 4 nitrogen and oxygen atoms in total. The van der Waals surface area contributed by atoms with E-state index in [4.69, 9.17) is 0 Å². The van der Waals surface area contributed by atoms with E-state index in [-0.39, 0.29) is 23.9 Å². The molecule has 1 atom stereocenters. The van der Waals surface area contributed by atoms with Gasteiger partial charge in [0.15, 0.2) is 0 Å². The SMILES string of the molecule is O=C(NC1CCCC1)[C@@H](c1ccccc1F)N(C(=O)Cc1cccs1)c1ccc(F)cc1. The number of hydrogen-bond donors (Lipinski definition) is 1. The lowest BCUT2D eigenvalue weighted by Gasteiger charge is -2.32. The number of rotatable bonds is 7. The summed E-state index contributed by atoms with van der Waals surface area (Å²) in [6.45, 7) is 0. The highest BCUT2D eigenvalue weighted by Crippen LogP contribution is 2.31. The predicted molar refractivity (Wildman–Crippen MR) is 121 cm³/mol. The predicted octanol–water partition coefficient (Wildman–Crippen LogP) is 5.40. The van der Waals surface area contributed by atoms with Gasteiger partial charge in [-0.3, -0.25) is 14.5 Å². The van der Waals surface area contributed by atoms with Crippen LogP contribution in [-0.4, -0.2) is 17.9 Å². The van der Waals surface area contributed by atoms with Crippen LogP contribution in [0.25, 0.3) is 0 Å². The molecule has 32 heavy (non-hydrogen) atoms. The van der Waals surface area contributed by atoms with Gasteiger partial charge in [-0.2, -0.15) is 0 Å². The second-order valence-corrected chi connectivity index (χ2v) is 8.94. The van der Waals surface area contributed by atoms with Crippen molar-refractivity contribution in [3.05, 3.63) is 88.1 Å². The minimum atomic E-state index is -1.21. The summed E-state index contributed by atoms with van der Waals surface area (Å²) in [5.41, 5.74) is 0.439. The van der Waals surface area contributed by atoms with Crippen LogP contribution in [0.1, 0.15) is 42.2 Å². The van der Waals surface area contributed by atoms with E-state index in [1.54, 1.807) is 12.1 Å². The van der Waals surface area contributed by atoms with Crippen molar-refractivity contribution >= 4 is 28.8 Å². The Morgan fingerprint density at radius 1 is 1.00 bits per heavy atom. The van der Waals surface area contributed by atoms with Crippen LogP contribution in [0, 0.1) is 11.6 Å². The van der Waals surface area contributed by atoms with Gasteiger partial charge in [0, 0.05) is 22.2 Å². The summed E-state index contributed by atoms with van der Waals surface area (Å²) < 4.78 is 28.6. The second kappa shape index (κ2) is 10.0. The van der Waals surface area contributed by atoms with Crippen LogP contribution < -0.4 is 10.2 Å². The first-order valence-corrected chi connectivity index (χ1v) is 11.6. The Bertz CT molecular complexity index is 1060. The molecule has 3 aromatic rings. The monoisotopic (exact) mass is 454 g/mol. The number of benzene rings is 2. The zero-order valence-electron chi connectivity index (χ0n) is 17.5. The second-order valence-electron chi connectivity index (χ2n) is 7.91. The fraction of sp³-hybridized carbons (Fsp3) is 0.280. The van der Waals surface area contributed by atoms with E-state index in [9.17, 15) is 18.4 Å². The van der Waals surface area contributed by atoms with Gasteiger partial charge in [0.1, 0.15) is 17.7 Å². The van der Waals surface area contributed by atoms with Crippen molar-refractivity contribution in [3.63, 3.8) is 0 Å². The van der Waals surface area contributed by atoms with E-state index in [1.807, 2.05) is 17.5 Å². The number of hydrogen-bond acceptors (Lipinski definition) is 3. The molecule has 1 aliphatic rings. The molecule has 2 aromatic carbocycles. The van der Waals surface area contributed by atoms with Crippen LogP contribution >= 0.6 is 11.3 Å². The molecule has 7 heteroatoms. The van der Waals surface area contributed by atoms with Gasteiger partial charge >= 0.3 is 0 Å². The molecule has 0 spiro atoms. The average Bonchev–Trinajstić information content (AvgIpc) is 3.48. The summed E-state index contributed by atoms with van der Waals surface area (Å²) in [7, 11) is 0. The lowest BCUT2D eigenvalue weighted by atomic mass is 10.0. The Labute approximate surface area is 189 Å². The van der Waals surface area contributed by atoms with Gasteiger partial charge in [-0.1, -0.05) is 37.1 Å². The van der Waals surface area contributed by atoms with Crippen LogP contribution in [-0.2, 0) is 16.0 Å². The van der Waals surface area contributed by atoms with Crippen molar-refractivity contribution in [2.24, 2.45) is 0 Å². The molecule has 0 radical (unpaired) electrons. The topological polar surface area (TPSA) is 49.4 Å². The molecule has 1 N–H and O–H groups in total. The van der Waals surface area contributed by atoms with Crippen LogP contribution in [0.4, 0.5) is 14.5 Å². The maximum atomic E-state index is 14.9. The fourth-order valence-electron chi connectivity index (χ4n) is 4.13. The van der Waals surface area contributed by atoms with Crippen LogP contribution in [0.15, 0.2) is 66.0 Å². The van der Waals surface area contributed by atoms with Crippen molar-refractivity contribution in [2.45, 2.75) is 44.2 Å². The molecule has 0 saturated heterocycles. The van der Waals surface area contributed by atoms with E-state index in [0.29, 0.717) is 5.69 Å². The van der Waals surface area contributed by atoms with E-state index in [2.05, 4.69) is 5.32 Å². The standard InChI is InChI=1S/C25H24F2N2O2S/c26-17-11-13-19(14-12-17)29(23(30)16-20-8-5-15-32-20)24(21-9-3-4-10-22(21)27)25(31)28-18-6-1-2-7-18/h3-5,8-15,18,24H,1-2,6-7,16H2,(H,28,31)/t24-/m1/s1. The summed E-state index contributed by atoms with van der Waals surface area (Å²) in [5.74, 6) is -1.84. The van der Waals surface area contributed by atoms with Gasteiger partial charge in [0.05, 0.1) is 6.42 Å². The lowest BCUT2D eigenvalue weighted by Crippen LogP contribution is -2.47. The number of carbonyl (C=O) groups excluding carboxylic acids is 2. The third-order valence-corrected chi connectivity index (χ3v) is 6.56. The molecule has 166 valence electrons. The van der Waals surface area contributed by atoms with Crippen molar-refractivity contribution in [3.8, 4) is 0 Å². The first-order chi connectivity index (χ1) is 15.5. The van der Waals surface area contributed by atoms with Crippen LogP contribution in [0.3, 0.4) is 0 Å². The Balaban J connectivity index is 1.77. The van der Waals surface area contributed by atoms with E-state index in [1.165, 1.54) is 52.6 Å². The smallest absolute Gasteiger partial charge is 0.248 e. The van der Waals surface area contributed by atoms with Gasteiger partial charge in [-0.25, -0.2) is 8.78 Å². The van der Waals surface area contributed by atoms with E-state index >= 15 is 0 Å². The normalized spacial score (nSPS) is 14.8. The van der Waals surface area contributed by atoms with Crippen LogP contribution in [0.5, 0.6) is 0 Å². The fourth-order valence-corrected chi connectivity index (χ4v) is 4.83. The lowest BCUT2D eigenvalue weighted by molar-refractivity contribution is -0.127. The number of halogens is 2. The summed E-state index contributed by atoms with van der Waals surface area (Å²) in [6, 6.07) is 13.8. The minimum absolute atomic E-state index is 0.000704. The molecule has 1 aliphatic carbocycles. The third-order valence-electron chi connectivity index (χ3n) is 5.69. The molecule has 1 aromatic heterocycles. The molecule has 0 unspecified atom stereocenters. The number of carbonyl (C=O) groups is 2. The van der Waals surface area contributed by atoms with Gasteiger partial charge in [0.25, 0.3) is 0 Å². The molecule has 2 amide bonds. The van der Waals surface area contributed by atoms with E-state index in [0.717, 1.165) is 30.6 Å². The quantitative estimate of drug-likeness (QED) is 0.520. The van der Waals surface area contributed by atoms with Crippen molar-refractivity contribution in [1.29, 1.82) is 0 Å². The van der Waals surface area contributed by atoms with Crippen LogP contribution in [0.2, 0.25) is 0 Å². The largest absolute Gasteiger partial charge is 0.351 e. The third kappa shape index (κ3) is 5.05. The molecule has 1 fully saturated rings. The summed E-state index contributed by atoms with van der Waals surface area (Å²) in [5, 5.41) is 4.88. The molecule has 1 heterocycles. The first kappa shape index (κ1) is 22.1. The van der Waals surface area contributed by atoms with E-state index < -0.39 is 23.6 Å². The highest BCUT2D eigenvalue weighted by Gasteiger charge is 2.35. The van der Waals surface area contributed by atoms with Gasteiger partial charge in [-0.05, 0) is 54.6 Å². The Morgan fingerprint density at radius 2 is 1.72 bits per heavy atom. The van der Waals surface area contributed by atoms with Crippen molar-refractivity contribution in [1.82, 2.24) is 5.32 Å².